The van der Waals surface area contributed by atoms with Crippen LogP contribution in [0.3, 0.4) is 0 Å². The molecule has 2 fully saturated rings. The predicted molar refractivity (Wildman–Crippen MR) is 53.2 cm³/mol. The van der Waals surface area contributed by atoms with Gasteiger partial charge in [-0.15, -0.1) is 0 Å². The topological polar surface area (TPSA) is 34.1 Å². The van der Waals surface area contributed by atoms with Crippen LogP contribution in [0.1, 0.15) is 12.8 Å². The molecular weight excluding hydrogens is 176 g/mol. The number of aromatic nitrogens is 1. The van der Waals surface area contributed by atoms with E-state index >= 15 is 0 Å². The van der Waals surface area contributed by atoms with Crippen LogP contribution in [0.4, 0.5) is 0 Å². The molecule has 1 aromatic heterocycles. The summed E-state index contributed by atoms with van der Waals surface area (Å²) in [7, 11) is 0. The van der Waals surface area contributed by atoms with Crippen molar-refractivity contribution >= 4 is 0 Å². The Hall–Kier alpha value is -1.09. The van der Waals surface area contributed by atoms with Crippen molar-refractivity contribution in [3.63, 3.8) is 0 Å². The minimum Gasteiger partial charge on any atom is -0.472 e. The van der Waals surface area contributed by atoms with E-state index in [9.17, 15) is 0 Å². The van der Waals surface area contributed by atoms with Crippen molar-refractivity contribution in [3.05, 3.63) is 24.4 Å². The molecule has 0 radical (unpaired) electrons. The lowest BCUT2D eigenvalue weighted by Gasteiger charge is -2.16. The first-order valence-electron chi connectivity index (χ1n) is 5.24. The van der Waals surface area contributed by atoms with Crippen LogP contribution in [0.5, 0.6) is 5.88 Å². The summed E-state index contributed by atoms with van der Waals surface area (Å²) < 4.78 is 5.89. The van der Waals surface area contributed by atoms with Crippen molar-refractivity contribution in [2.75, 3.05) is 6.54 Å². The molecular formula is C11H14N2O. The molecule has 0 aromatic carbocycles. The third-order valence-corrected chi connectivity index (χ3v) is 3.25. The smallest absolute Gasteiger partial charge is 0.213 e. The van der Waals surface area contributed by atoms with Gasteiger partial charge in [0.1, 0.15) is 6.10 Å². The summed E-state index contributed by atoms with van der Waals surface area (Å²) in [6.07, 6.45) is 4.68. The van der Waals surface area contributed by atoms with Gasteiger partial charge in [0.2, 0.25) is 5.88 Å². The summed E-state index contributed by atoms with van der Waals surface area (Å²) >= 11 is 0. The van der Waals surface area contributed by atoms with Gasteiger partial charge >= 0.3 is 0 Å². The molecule has 74 valence electrons. The monoisotopic (exact) mass is 190 g/mol. The van der Waals surface area contributed by atoms with Gasteiger partial charge in [-0.1, -0.05) is 6.07 Å². The number of rotatable bonds is 2. The summed E-state index contributed by atoms with van der Waals surface area (Å²) in [6, 6.07) is 6.36. The molecule has 1 saturated heterocycles. The third kappa shape index (κ3) is 1.28. The van der Waals surface area contributed by atoms with Crippen LogP contribution in [-0.2, 0) is 0 Å². The first-order chi connectivity index (χ1) is 6.93. The van der Waals surface area contributed by atoms with E-state index in [1.54, 1.807) is 6.20 Å². The SMILES string of the molecule is c1ccc(OC2C3CCC2NC3)nc1. The molecule has 1 N–H and O–H groups in total. The number of piperidine rings is 1. The van der Waals surface area contributed by atoms with Gasteiger partial charge in [0, 0.05) is 30.8 Å². The number of pyridine rings is 1. The molecule has 3 unspecified atom stereocenters. The molecule has 0 spiro atoms. The summed E-state index contributed by atoms with van der Waals surface area (Å²) in [5, 5.41) is 3.47. The number of nitrogens with one attached hydrogen (secondary N) is 1. The van der Waals surface area contributed by atoms with E-state index in [1.165, 1.54) is 12.8 Å². The second-order valence-electron chi connectivity index (χ2n) is 4.10. The highest BCUT2D eigenvalue weighted by molar-refractivity contribution is 5.12. The van der Waals surface area contributed by atoms with Crippen molar-refractivity contribution < 1.29 is 4.74 Å². The second kappa shape index (κ2) is 3.24. The zero-order valence-corrected chi connectivity index (χ0v) is 8.02. The fourth-order valence-corrected chi connectivity index (χ4v) is 2.52. The maximum Gasteiger partial charge on any atom is 0.213 e. The molecule has 14 heavy (non-hydrogen) atoms. The number of ether oxygens (including phenoxy) is 1. The largest absolute Gasteiger partial charge is 0.472 e. The Bertz CT molecular complexity index is 294. The Morgan fingerprint density at radius 2 is 2.36 bits per heavy atom. The lowest BCUT2D eigenvalue weighted by atomic mass is 10.1. The van der Waals surface area contributed by atoms with Crippen molar-refractivity contribution in [1.82, 2.24) is 10.3 Å². The summed E-state index contributed by atoms with van der Waals surface area (Å²) in [5.41, 5.74) is 0. The molecule has 2 heterocycles. The Labute approximate surface area is 83.5 Å². The molecule has 1 aliphatic heterocycles. The predicted octanol–water partition coefficient (Wildman–Crippen LogP) is 1.21. The van der Waals surface area contributed by atoms with Gasteiger partial charge in [-0.05, 0) is 18.9 Å². The van der Waals surface area contributed by atoms with Crippen LogP contribution in [0.2, 0.25) is 0 Å². The zero-order valence-electron chi connectivity index (χ0n) is 8.02. The van der Waals surface area contributed by atoms with Crippen LogP contribution < -0.4 is 10.1 Å². The average molecular weight is 190 g/mol. The molecule has 1 aliphatic carbocycles. The van der Waals surface area contributed by atoms with Crippen LogP contribution in [0, 0.1) is 5.92 Å². The van der Waals surface area contributed by atoms with E-state index in [0.29, 0.717) is 18.1 Å². The van der Waals surface area contributed by atoms with E-state index in [1.807, 2.05) is 18.2 Å². The molecule has 3 nitrogen and oxygen atoms in total. The second-order valence-corrected chi connectivity index (χ2v) is 4.10. The van der Waals surface area contributed by atoms with Crippen LogP contribution in [-0.4, -0.2) is 23.7 Å². The van der Waals surface area contributed by atoms with Gasteiger partial charge in [-0.3, -0.25) is 0 Å². The lowest BCUT2D eigenvalue weighted by Crippen LogP contribution is -2.31. The number of hydrogen-bond acceptors (Lipinski definition) is 3. The van der Waals surface area contributed by atoms with E-state index in [0.717, 1.165) is 12.4 Å². The quantitative estimate of drug-likeness (QED) is 0.761. The van der Waals surface area contributed by atoms with Gasteiger partial charge in [0.25, 0.3) is 0 Å². The minimum atomic E-state index is 0.352. The van der Waals surface area contributed by atoms with Crippen LogP contribution in [0.15, 0.2) is 24.4 Å². The summed E-state index contributed by atoms with van der Waals surface area (Å²) in [6.45, 7) is 1.11. The first kappa shape index (κ1) is 8.24. The molecule has 0 amide bonds. The molecule has 3 atom stereocenters. The Morgan fingerprint density at radius 1 is 1.36 bits per heavy atom. The standard InChI is InChI=1S/C11H14N2O/c1-2-6-12-10(3-1)14-11-8-4-5-9(11)13-7-8/h1-3,6,8-9,11,13H,4-5,7H2. The number of fused-ring (bicyclic) bond motifs is 2. The lowest BCUT2D eigenvalue weighted by molar-refractivity contribution is 0.169. The van der Waals surface area contributed by atoms with E-state index in [2.05, 4.69) is 10.3 Å². The van der Waals surface area contributed by atoms with Crippen LogP contribution >= 0.6 is 0 Å². The Balaban J connectivity index is 1.74. The number of nitrogens with zero attached hydrogens (tertiary/aromatic N) is 1. The first-order valence-corrected chi connectivity index (χ1v) is 5.24. The number of hydrogen-bond donors (Lipinski definition) is 1. The van der Waals surface area contributed by atoms with Crippen molar-refractivity contribution in [2.24, 2.45) is 5.92 Å². The highest BCUT2D eigenvalue weighted by Crippen LogP contribution is 2.33. The van der Waals surface area contributed by atoms with Crippen molar-refractivity contribution in [3.8, 4) is 5.88 Å². The van der Waals surface area contributed by atoms with Gasteiger partial charge in [-0.2, -0.15) is 0 Å². The van der Waals surface area contributed by atoms with Gasteiger partial charge in [-0.25, -0.2) is 4.98 Å². The van der Waals surface area contributed by atoms with Gasteiger partial charge in [0.15, 0.2) is 0 Å². The summed E-state index contributed by atoms with van der Waals surface area (Å²) in [5.74, 6) is 1.46. The maximum absolute atomic E-state index is 5.89. The Kier molecular flexibility index (Phi) is 1.91. The normalized spacial score (nSPS) is 34.7. The van der Waals surface area contributed by atoms with Gasteiger partial charge in [0.05, 0.1) is 0 Å². The van der Waals surface area contributed by atoms with E-state index in [-0.39, 0.29) is 0 Å². The summed E-state index contributed by atoms with van der Waals surface area (Å²) in [4.78, 5) is 4.19. The molecule has 3 rings (SSSR count). The fourth-order valence-electron chi connectivity index (χ4n) is 2.52. The fraction of sp³-hybridized carbons (Fsp3) is 0.545. The van der Waals surface area contributed by atoms with E-state index < -0.39 is 0 Å². The minimum absolute atomic E-state index is 0.352. The molecule has 2 aliphatic rings. The molecule has 2 bridgehead atoms. The third-order valence-electron chi connectivity index (χ3n) is 3.25. The highest BCUT2D eigenvalue weighted by atomic mass is 16.5. The maximum atomic E-state index is 5.89. The van der Waals surface area contributed by atoms with Crippen molar-refractivity contribution in [1.29, 1.82) is 0 Å². The molecule has 1 saturated carbocycles. The van der Waals surface area contributed by atoms with Crippen LogP contribution in [0.25, 0.3) is 0 Å². The van der Waals surface area contributed by atoms with E-state index in [4.69, 9.17) is 4.74 Å². The van der Waals surface area contributed by atoms with Gasteiger partial charge < -0.3 is 10.1 Å². The average Bonchev–Trinajstić information content (AvgIpc) is 2.80. The molecule has 3 heteroatoms. The van der Waals surface area contributed by atoms with Crippen molar-refractivity contribution in [2.45, 2.75) is 25.0 Å². The highest BCUT2D eigenvalue weighted by Gasteiger charge is 2.43. The molecule has 1 aromatic rings. The Morgan fingerprint density at radius 3 is 2.93 bits per heavy atom. The zero-order chi connectivity index (χ0) is 9.38.